The highest BCUT2D eigenvalue weighted by molar-refractivity contribution is 14.1. The van der Waals surface area contributed by atoms with Crippen molar-refractivity contribution in [1.82, 2.24) is 0 Å². The van der Waals surface area contributed by atoms with Crippen molar-refractivity contribution in [3.05, 3.63) is 20.3 Å². The van der Waals surface area contributed by atoms with Crippen molar-refractivity contribution in [2.45, 2.75) is 18.7 Å². The molecule has 0 nitrogen and oxygen atoms in total. The zero-order valence-electron chi connectivity index (χ0n) is 5.50. The molecule has 3 heteroatoms. The molecular formula is C7H7Cl2I. The third-order valence-electron chi connectivity index (χ3n) is 1.38. The van der Waals surface area contributed by atoms with E-state index in [0.29, 0.717) is 0 Å². The quantitative estimate of drug-likeness (QED) is 0.469. The van der Waals surface area contributed by atoms with E-state index in [-0.39, 0.29) is 5.38 Å². The van der Waals surface area contributed by atoms with Crippen LogP contribution in [0.4, 0.5) is 0 Å². The topological polar surface area (TPSA) is 0 Å². The van der Waals surface area contributed by atoms with Crippen LogP contribution in [0.5, 0.6) is 0 Å². The van der Waals surface area contributed by atoms with E-state index < -0.39 is 0 Å². The predicted octanol–water partition coefficient (Wildman–Crippen LogP) is 3.83. The van der Waals surface area contributed by atoms with Crippen LogP contribution in [0.25, 0.3) is 0 Å². The fraction of sp³-hybridized carbons (Fsp3) is 0.429. The number of halogens is 3. The summed E-state index contributed by atoms with van der Waals surface area (Å²) in [4.78, 5) is 0. The van der Waals surface area contributed by atoms with Gasteiger partial charge in [0.1, 0.15) is 0 Å². The van der Waals surface area contributed by atoms with Gasteiger partial charge in [0.25, 0.3) is 0 Å². The van der Waals surface area contributed by atoms with Gasteiger partial charge in [-0.3, -0.25) is 0 Å². The monoisotopic (exact) mass is 288 g/mol. The van der Waals surface area contributed by atoms with E-state index in [9.17, 15) is 0 Å². The molecule has 1 unspecified atom stereocenters. The maximum Gasteiger partial charge on any atom is 0.0694 e. The minimum absolute atomic E-state index is 0.0955. The molecule has 0 aromatic heterocycles. The first-order valence-corrected chi connectivity index (χ1v) is 4.87. The summed E-state index contributed by atoms with van der Waals surface area (Å²) < 4.78 is 1.06. The summed E-state index contributed by atoms with van der Waals surface area (Å²) in [5, 5.41) is 0.891. The minimum atomic E-state index is 0.0955. The zero-order chi connectivity index (χ0) is 7.72. The molecule has 56 valence electrons. The fourth-order valence-corrected chi connectivity index (χ4v) is 1.98. The lowest BCUT2D eigenvalue weighted by Crippen LogP contribution is -2.04. The summed E-state index contributed by atoms with van der Waals surface area (Å²) in [5.74, 6) is 0. The Morgan fingerprint density at radius 3 is 2.80 bits per heavy atom. The van der Waals surface area contributed by atoms with Crippen LogP contribution in [0.1, 0.15) is 13.3 Å². The van der Waals surface area contributed by atoms with E-state index in [1.165, 1.54) is 5.57 Å². The lowest BCUT2D eigenvalue weighted by Gasteiger charge is -2.15. The van der Waals surface area contributed by atoms with Gasteiger partial charge in [0, 0.05) is 3.58 Å². The van der Waals surface area contributed by atoms with Crippen LogP contribution >= 0.6 is 45.8 Å². The highest BCUT2D eigenvalue weighted by atomic mass is 127. The molecule has 1 aliphatic carbocycles. The maximum atomic E-state index is 5.97. The molecule has 1 aliphatic rings. The molecule has 0 heterocycles. The van der Waals surface area contributed by atoms with Crippen molar-refractivity contribution in [3.8, 4) is 0 Å². The average Bonchev–Trinajstić information content (AvgIpc) is 1.82. The van der Waals surface area contributed by atoms with Crippen molar-refractivity contribution in [1.29, 1.82) is 0 Å². The van der Waals surface area contributed by atoms with Crippen molar-refractivity contribution >= 4 is 45.8 Å². The Morgan fingerprint density at radius 1 is 1.70 bits per heavy atom. The van der Waals surface area contributed by atoms with Crippen molar-refractivity contribution in [2.75, 3.05) is 0 Å². The Bertz CT molecular complexity index is 206. The second-order valence-electron chi connectivity index (χ2n) is 2.36. The van der Waals surface area contributed by atoms with Gasteiger partial charge in [-0.15, -0.1) is 11.6 Å². The molecule has 0 saturated carbocycles. The number of allylic oxidation sites excluding steroid dienone is 4. The van der Waals surface area contributed by atoms with E-state index in [2.05, 4.69) is 22.6 Å². The fourth-order valence-electron chi connectivity index (χ4n) is 0.866. The van der Waals surface area contributed by atoms with Crippen molar-refractivity contribution < 1.29 is 0 Å². The Kier molecular flexibility index (Phi) is 3.07. The molecule has 0 amide bonds. The largest absolute Gasteiger partial charge is 0.117 e. The van der Waals surface area contributed by atoms with Crippen LogP contribution < -0.4 is 0 Å². The van der Waals surface area contributed by atoms with Gasteiger partial charge < -0.3 is 0 Å². The summed E-state index contributed by atoms with van der Waals surface area (Å²) in [7, 11) is 0. The first kappa shape index (κ1) is 8.88. The Hall–Kier alpha value is 0.790. The molecule has 10 heavy (non-hydrogen) atoms. The second-order valence-corrected chi connectivity index (χ2v) is 4.45. The van der Waals surface area contributed by atoms with E-state index in [1.807, 2.05) is 13.0 Å². The van der Waals surface area contributed by atoms with Gasteiger partial charge in [0.15, 0.2) is 0 Å². The van der Waals surface area contributed by atoms with E-state index in [4.69, 9.17) is 23.2 Å². The molecule has 0 N–H and O–H groups in total. The first-order valence-electron chi connectivity index (χ1n) is 2.97. The van der Waals surface area contributed by atoms with Crippen LogP contribution in [0, 0.1) is 0 Å². The smallest absolute Gasteiger partial charge is 0.0694 e. The predicted molar refractivity (Wildman–Crippen MR) is 54.9 cm³/mol. The van der Waals surface area contributed by atoms with Gasteiger partial charge in [-0.05, 0) is 42.0 Å². The van der Waals surface area contributed by atoms with Gasteiger partial charge in [-0.25, -0.2) is 0 Å². The van der Waals surface area contributed by atoms with E-state index >= 15 is 0 Å². The van der Waals surface area contributed by atoms with Crippen LogP contribution in [0.15, 0.2) is 20.3 Å². The van der Waals surface area contributed by atoms with Crippen LogP contribution in [-0.2, 0) is 0 Å². The van der Waals surface area contributed by atoms with Crippen molar-refractivity contribution in [2.24, 2.45) is 0 Å². The molecule has 0 aromatic rings. The normalized spacial score (nSPS) is 26.8. The molecule has 0 aromatic carbocycles. The minimum Gasteiger partial charge on any atom is -0.117 e. The summed E-state index contributed by atoms with van der Waals surface area (Å²) in [6, 6.07) is 0. The van der Waals surface area contributed by atoms with Crippen LogP contribution in [-0.4, -0.2) is 5.38 Å². The van der Waals surface area contributed by atoms with Gasteiger partial charge in [-0.2, -0.15) is 0 Å². The van der Waals surface area contributed by atoms with Crippen LogP contribution in [0.2, 0.25) is 0 Å². The molecule has 0 spiro atoms. The van der Waals surface area contributed by atoms with Crippen molar-refractivity contribution in [3.63, 3.8) is 0 Å². The van der Waals surface area contributed by atoms with E-state index in [1.54, 1.807) is 0 Å². The van der Waals surface area contributed by atoms with Crippen LogP contribution in [0.3, 0.4) is 0 Å². The summed E-state index contributed by atoms with van der Waals surface area (Å²) >= 11 is 14.0. The van der Waals surface area contributed by atoms with Gasteiger partial charge in [0.2, 0.25) is 0 Å². The number of rotatable bonds is 0. The number of hydrogen-bond acceptors (Lipinski definition) is 0. The highest BCUT2D eigenvalue weighted by Gasteiger charge is 2.16. The first-order chi connectivity index (χ1) is 4.61. The van der Waals surface area contributed by atoms with E-state index in [0.717, 1.165) is 15.0 Å². The Balaban J connectivity index is 2.92. The number of alkyl halides is 1. The molecule has 0 radical (unpaired) electrons. The molecule has 0 fully saturated rings. The van der Waals surface area contributed by atoms with Gasteiger partial charge >= 0.3 is 0 Å². The van der Waals surface area contributed by atoms with Gasteiger partial charge in [-0.1, -0.05) is 17.2 Å². The average molecular weight is 289 g/mol. The lowest BCUT2D eigenvalue weighted by atomic mass is 10.1. The molecule has 0 bridgehead atoms. The van der Waals surface area contributed by atoms with Gasteiger partial charge in [0.05, 0.1) is 10.4 Å². The Labute approximate surface area is 84.4 Å². The summed E-state index contributed by atoms with van der Waals surface area (Å²) in [6.45, 7) is 2.04. The Morgan fingerprint density at radius 2 is 2.30 bits per heavy atom. The third-order valence-corrected chi connectivity index (χ3v) is 4.08. The molecule has 0 aliphatic heterocycles. The summed E-state index contributed by atoms with van der Waals surface area (Å²) in [5.41, 5.74) is 1.26. The molecular weight excluding hydrogens is 282 g/mol. The third kappa shape index (κ3) is 1.89. The standard InChI is InChI=1S/C7H7Cl2I/c1-4-2-5(8)7(10)6(9)3-4/h2,6H,3H2,1H3. The summed E-state index contributed by atoms with van der Waals surface area (Å²) in [6.07, 6.45) is 2.90. The maximum absolute atomic E-state index is 5.97. The highest BCUT2D eigenvalue weighted by Crippen LogP contribution is 2.33. The number of hydrogen-bond donors (Lipinski definition) is 0. The molecule has 0 saturated heterocycles. The SMILES string of the molecule is CC1=CC(Cl)=C(I)C(Cl)C1. The molecule has 1 atom stereocenters. The lowest BCUT2D eigenvalue weighted by molar-refractivity contribution is 0.960. The second kappa shape index (κ2) is 3.46. The molecule has 1 rings (SSSR count). The zero-order valence-corrected chi connectivity index (χ0v) is 9.17.